The summed E-state index contributed by atoms with van der Waals surface area (Å²) < 4.78 is 36.4. The summed E-state index contributed by atoms with van der Waals surface area (Å²) in [6.07, 6.45) is 0. The van der Waals surface area contributed by atoms with Crippen molar-refractivity contribution in [2.75, 3.05) is 0 Å². The molecule has 20 heavy (non-hydrogen) atoms. The quantitative estimate of drug-likeness (QED) is 0.215. The zero-order valence-electron chi connectivity index (χ0n) is 19.6. The summed E-state index contributed by atoms with van der Waals surface area (Å²) in [4.78, 5) is 40.2. The second kappa shape index (κ2) is 22.7. The van der Waals surface area contributed by atoms with Crippen molar-refractivity contribution in [3.8, 4) is 0 Å². The van der Waals surface area contributed by atoms with Gasteiger partial charge in [-0.25, -0.2) is 13.7 Å². The van der Waals surface area contributed by atoms with Gasteiger partial charge in [0.05, 0.1) is 0 Å². The fourth-order valence-electron chi connectivity index (χ4n) is 0.284. The molecule has 0 aromatic heterocycles. The summed E-state index contributed by atoms with van der Waals surface area (Å²) in [5.41, 5.74) is 0. The van der Waals surface area contributed by atoms with Crippen LogP contribution in [0.1, 0.15) is 9.99 Å². The molecule has 0 aromatic rings. The van der Waals surface area contributed by atoms with Crippen molar-refractivity contribution in [3.05, 3.63) is 0 Å². The van der Waals surface area contributed by atoms with Gasteiger partial charge in [0, 0.05) is 0 Å². The van der Waals surface area contributed by atoms with Crippen LogP contribution in [0.15, 0.2) is 0 Å². The van der Waals surface area contributed by atoms with Gasteiger partial charge in [-0.2, -0.15) is 8.62 Å². The first-order chi connectivity index (χ1) is 5.41. The first-order valence-electron chi connectivity index (χ1n) is 2.28. The van der Waals surface area contributed by atoms with Crippen LogP contribution in [0.25, 0.3) is 0 Å². The van der Waals surface area contributed by atoms with Crippen LogP contribution >= 0.6 is 23.5 Å². The smallest absolute Gasteiger partial charge is 1.00 e. The molecule has 20 heteroatoms. The van der Waals surface area contributed by atoms with Crippen molar-refractivity contribution in [1.29, 1.82) is 0 Å². The largest absolute Gasteiger partial charge is 1.00 e. The molecule has 0 aliphatic heterocycles. The van der Waals surface area contributed by atoms with Crippen LogP contribution in [-0.4, -0.2) is 24.5 Å². The molecular weight excluding hydrogens is 414 g/mol. The molecule has 0 radical (unpaired) electrons. The van der Waals surface area contributed by atoms with E-state index in [0.29, 0.717) is 0 Å². The van der Waals surface area contributed by atoms with Gasteiger partial charge in [-0.05, 0) is 0 Å². The first-order valence-corrected chi connectivity index (χ1v) is 6.83. The molecular formula is H12Na7O10P3. The Morgan fingerprint density at radius 2 is 0.700 bits per heavy atom. The van der Waals surface area contributed by atoms with Crippen molar-refractivity contribution in [1.82, 2.24) is 0 Å². The summed E-state index contributed by atoms with van der Waals surface area (Å²) in [5, 5.41) is 0. The van der Waals surface area contributed by atoms with Crippen LogP contribution in [0.4, 0.5) is 0 Å². The number of hydrogen-bond donors (Lipinski definition) is 5. The molecule has 0 unspecified atom stereocenters. The van der Waals surface area contributed by atoms with E-state index in [-0.39, 0.29) is 217 Å². The summed E-state index contributed by atoms with van der Waals surface area (Å²) in [6, 6.07) is 0. The summed E-state index contributed by atoms with van der Waals surface area (Å²) >= 11 is 0. The summed E-state index contributed by atoms with van der Waals surface area (Å²) in [7, 11) is -16.2. The van der Waals surface area contributed by atoms with Crippen molar-refractivity contribution in [3.63, 3.8) is 0 Å². The third-order valence-corrected chi connectivity index (χ3v) is 3.77. The molecule has 5 N–H and O–H groups in total. The Balaban J connectivity index is -0.00000000791. The number of hydrogen-bond acceptors (Lipinski definition) is 5. The van der Waals surface area contributed by atoms with E-state index in [2.05, 4.69) is 8.62 Å². The molecule has 0 fully saturated rings. The number of rotatable bonds is 4. The van der Waals surface area contributed by atoms with Crippen LogP contribution in [-0.2, 0) is 22.3 Å². The van der Waals surface area contributed by atoms with Crippen LogP contribution in [0.3, 0.4) is 0 Å². The van der Waals surface area contributed by atoms with Crippen LogP contribution < -0.4 is 207 Å². The topological polar surface area (TPSA) is 171 Å². The third-order valence-electron chi connectivity index (χ3n) is 0.419. The SMILES string of the molecule is O=P(O)(O)OP(=O)(O)OP(=O)(O)O.[H-].[H-].[H-].[H-].[H-].[H-].[H-].[Na+].[Na+].[Na+].[Na+].[Na+].[Na+].[Na+]. The van der Waals surface area contributed by atoms with Gasteiger partial charge >= 0.3 is 230 Å². The predicted octanol–water partition coefficient (Wildman–Crippen LogP) is -20.9. The standard InChI is InChI=1S/7Na.H5O10P3.7H/c;;;;;;;1-11(2,3)9-13(7,8)10-12(4,5)6;;;;;;;/h;;;;;;;(H,7,8)(H2,1,2,3)(H2,4,5,6);;;;;;;/q7*+1;;7*-1. The minimum Gasteiger partial charge on any atom is -1.00 e. The Bertz CT molecular complexity index is 313. The Hall–Kier alpha value is 7.41. The minimum absolute atomic E-state index is 0. The molecule has 0 atom stereocenters. The van der Waals surface area contributed by atoms with E-state index in [1.165, 1.54) is 0 Å². The minimum atomic E-state index is -5.46. The Kier molecular flexibility index (Phi) is 57.6. The molecule has 0 saturated carbocycles. The van der Waals surface area contributed by atoms with E-state index >= 15 is 0 Å². The van der Waals surface area contributed by atoms with Crippen molar-refractivity contribution >= 4 is 23.5 Å². The molecule has 0 bridgehead atoms. The van der Waals surface area contributed by atoms with Crippen molar-refractivity contribution in [2.24, 2.45) is 0 Å². The van der Waals surface area contributed by atoms with Gasteiger partial charge in [0.1, 0.15) is 0 Å². The molecule has 0 saturated heterocycles. The second-order valence-electron chi connectivity index (χ2n) is 1.61. The van der Waals surface area contributed by atoms with E-state index in [9.17, 15) is 13.7 Å². The molecule has 0 amide bonds. The molecule has 0 aliphatic carbocycles. The van der Waals surface area contributed by atoms with Gasteiger partial charge in [-0.3, -0.25) is 0 Å². The van der Waals surface area contributed by atoms with Gasteiger partial charge < -0.3 is 34.5 Å². The fraction of sp³-hybridized carbons (Fsp3) is 0. The zero-order valence-corrected chi connectivity index (χ0v) is 29.3. The second-order valence-corrected chi connectivity index (χ2v) is 5.82. The molecule has 10 nitrogen and oxygen atoms in total. The molecule has 0 spiro atoms. The molecule has 0 aromatic carbocycles. The Morgan fingerprint density at radius 3 is 0.800 bits per heavy atom. The molecule has 0 heterocycles. The summed E-state index contributed by atoms with van der Waals surface area (Å²) in [6.45, 7) is 0. The molecule has 0 aliphatic rings. The van der Waals surface area contributed by atoms with Crippen LogP contribution in [0.2, 0.25) is 0 Å². The van der Waals surface area contributed by atoms with E-state index in [1.807, 2.05) is 0 Å². The maximum Gasteiger partial charge on any atom is 1.00 e. The summed E-state index contributed by atoms with van der Waals surface area (Å²) in [5.74, 6) is 0. The van der Waals surface area contributed by atoms with E-state index < -0.39 is 23.5 Å². The molecule has 94 valence electrons. The maximum absolute atomic E-state index is 10.4. The van der Waals surface area contributed by atoms with Gasteiger partial charge in [0.15, 0.2) is 0 Å². The molecule has 0 rings (SSSR count). The Morgan fingerprint density at radius 1 is 0.550 bits per heavy atom. The van der Waals surface area contributed by atoms with Crippen molar-refractivity contribution < 1.29 is 264 Å². The van der Waals surface area contributed by atoms with E-state index in [1.54, 1.807) is 0 Å². The fourth-order valence-corrected chi connectivity index (χ4v) is 2.82. The average molecular weight is 426 g/mol. The van der Waals surface area contributed by atoms with Gasteiger partial charge in [-0.1, -0.05) is 0 Å². The van der Waals surface area contributed by atoms with Crippen LogP contribution in [0.5, 0.6) is 0 Å². The third kappa shape index (κ3) is 40.2. The normalized spacial score (nSPS) is 9.45. The van der Waals surface area contributed by atoms with E-state index in [0.717, 1.165) is 0 Å². The van der Waals surface area contributed by atoms with Gasteiger partial charge in [0.25, 0.3) is 0 Å². The van der Waals surface area contributed by atoms with Crippen molar-refractivity contribution in [2.45, 2.75) is 0 Å². The van der Waals surface area contributed by atoms with Gasteiger partial charge in [0.2, 0.25) is 0 Å². The zero-order chi connectivity index (χ0) is 10.9. The number of phosphoric acid groups is 3. The maximum atomic E-state index is 10.4. The van der Waals surface area contributed by atoms with Crippen LogP contribution in [0, 0.1) is 0 Å². The first kappa shape index (κ1) is 50.7. The van der Waals surface area contributed by atoms with E-state index in [4.69, 9.17) is 24.5 Å². The average Bonchev–Trinajstić information content (AvgIpc) is 1.43. The van der Waals surface area contributed by atoms with Gasteiger partial charge in [-0.15, -0.1) is 0 Å². The Labute approximate surface area is 281 Å². The monoisotopic (exact) mass is 426 g/mol. The predicted molar refractivity (Wildman–Crippen MR) is 43.9 cm³/mol.